The molecule has 38 heavy (non-hydrogen) atoms. The minimum atomic E-state index is -0.0201. The van der Waals surface area contributed by atoms with E-state index < -0.39 is 0 Å². The predicted octanol–water partition coefficient (Wildman–Crippen LogP) is 6.82. The first kappa shape index (κ1) is 29.3. The van der Waals surface area contributed by atoms with Crippen LogP contribution in [-0.2, 0) is 29.1 Å². The van der Waals surface area contributed by atoms with Gasteiger partial charge in [0.05, 0.1) is 31.9 Å². The maximum Gasteiger partial charge on any atom is 0.150 e. The zero-order chi connectivity index (χ0) is 26.7. The molecule has 1 aromatic carbocycles. The molecular formula is C31H44IN3O3. The molecule has 1 saturated carbocycles. The number of nitrogens with zero attached hydrogens (tertiary/aromatic N) is 3. The molecule has 0 unspecified atom stereocenters. The van der Waals surface area contributed by atoms with Crippen molar-refractivity contribution in [1.29, 1.82) is 0 Å². The normalized spacial score (nSPS) is 16.5. The molecule has 1 aliphatic carbocycles. The highest BCUT2D eigenvalue weighted by Crippen LogP contribution is 2.36. The van der Waals surface area contributed by atoms with Gasteiger partial charge in [-0.15, -0.1) is 0 Å². The van der Waals surface area contributed by atoms with E-state index in [2.05, 4.69) is 76.2 Å². The van der Waals surface area contributed by atoms with Crippen LogP contribution < -0.4 is 4.90 Å². The third kappa shape index (κ3) is 7.09. The van der Waals surface area contributed by atoms with Crippen LogP contribution in [0, 0.1) is 5.92 Å². The molecular weight excluding hydrogens is 589 g/mol. The number of aryl methyl sites for hydroxylation is 1. The van der Waals surface area contributed by atoms with Crippen LogP contribution >= 0.6 is 22.6 Å². The summed E-state index contributed by atoms with van der Waals surface area (Å²) in [4.78, 5) is 2.31. The van der Waals surface area contributed by atoms with Crippen molar-refractivity contribution in [2.24, 2.45) is 5.92 Å². The van der Waals surface area contributed by atoms with E-state index in [0.29, 0.717) is 12.5 Å². The molecule has 3 aromatic rings. The zero-order valence-electron chi connectivity index (χ0n) is 23.1. The Labute approximate surface area is 241 Å². The predicted molar refractivity (Wildman–Crippen MR) is 164 cm³/mol. The minimum Gasteiger partial charge on any atom is -0.392 e. The van der Waals surface area contributed by atoms with Gasteiger partial charge in [-0.25, -0.2) is 4.52 Å². The number of halogens is 1. The maximum absolute atomic E-state index is 10.6. The molecule has 0 radical (unpaired) electrons. The molecule has 0 amide bonds. The van der Waals surface area contributed by atoms with E-state index in [-0.39, 0.29) is 6.61 Å². The fraction of sp³-hybridized carbons (Fsp3) is 0.581. The summed E-state index contributed by atoms with van der Waals surface area (Å²) in [5, 5.41) is 15.8. The van der Waals surface area contributed by atoms with Gasteiger partial charge in [0.2, 0.25) is 0 Å². The Balaban J connectivity index is 0.00000107. The molecule has 7 heteroatoms. The summed E-state index contributed by atoms with van der Waals surface area (Å²) >= 11 is 2.29. The first-order valence-electron chi connectivity index (χ1n) is 14.4. The van der Waals surface area contributed by atoms with E-state index in [9.17, 15) is 5.11 Å². The third-order valence-electron chi connectivity index (χ3n) is 7.59. The van der Waals surface area contributed by atoms with Crippen LogP contribution in [0.25, 0.3) is 16.6 Å². The van der Waals surface area contributed by atoms with Gasteiger partial charge < -0.3 is 19.5 Å². The number of fused-ring (bicyclic) bond motifs is 1. The highest BCUT2D eigenvalue weighted by atomic mass is 127. The van der Waals surface area contributed by atoms with Gasteiger partial charge in [-0.1, -0.05) is 92.5 Å². The number of hydrogen-bond acceptors (Lipinski definition) is 5. The Bertz CT molecular complexity index is 1120. The maximum atomic E-state index is 10.6. The molecule has 1 aliphatic heterocycles. The summed E-state index contributed by atoms with van der Waals surface area (Å²) in [5.41, 5.74) is 6.50. The number of hydrogen-bond donors (Lipinski definition) is 1. The van der Waals surface area contributed by atoms with Crippen molar-refractivity contribution in [3.8, 4) is 11.1 Å². The number of morpholine rings is 1. The molecule has 2 fully saturated rings. The van der Waals surface area contributed by atoms with Crippen LogP contribution in [0.4, 0.5) is 5.82 Å². The Morgan fingerprint density at radius 1 is 1.05 bits per heavy atom. The molecule has 0 bridgehead atoms. The lowest BCUT2D eigenvalue weighted by Gasteiger charge is -2.28. The van der Waals surface area contributed by atoms with Crippen molar-refractivity contribution >= 4 is 33.9 Å². The van der Waals surface area contributed by atoms with E-state index >= 15 is 0 Å². The third-order valence-corrected chi connectivity index (χ3v) is 7.59. The van der Waals surface area contributed by atoms with Gasteiger partial charge in [0.1, 0.15) is 5.82 Å². The SMILES string of the molecule is CCCc1c(COCC2CCCCC2)c(CO)c2c(-c3ccccc3)cc(N3CCOCC3)nn12.CCI. The Morgan fingerprint density at radius 2 is 1.76 bits per heavy atom. The Hall–Kier alpha value is -1.68. The van der Waals surface area contributed by atoms with Gasteiger partial charge in [-0.2, -0.15) is 5.10 Å². The lowest BCUT2D eigenvalue weighted by molar-refractivity contribution is 0.0726. The highest BCUT2D eigenvalue weighted by molar-refractivity contribution is 14.1. The van der Waals surface area contributed by atoms with Crippen LogP contribution in [0.2, 0.25) is 0 Å². The van der Waals surface area contributed by atoms with Crippen LogP contribution in [-0.4, -0.2) is 52.1 Å². The first-order valence-corrected chi connectivity index (χ1v) is 15.9. The molecule has 6 nitrogen and oxygen atoms in total. The zero-order valence-corrected chi connectivity index (χ0v) is 25.3. The molecule has 2 aliphatic rings. The summed E-state index contributed by atoms with van der Waals surface area (Å²) < 4.78 is 15.3. The highest BCUT2D eigenvalue weighted by Gasteiger charge is 2.25. The Morgan fingerprint density at radius 3 is 2.42 bits per heavy atom. The van der Waals surface area contributed by atoms with Crippen molar-refractivity contribution in [2.45, 2.75) is 72.0 Å². The molecule has 1 saturated heterocycles. The van der Waals surface area contributed by atoms with Crippen LogP contribution in [0.15, 0.2) is 36.4 Å². The molecule has 208 valence electrons. The fourth-order valence-electron chi connectivity index (χ4n) is 5.72. The smallest absolute Gasteiger partial charge is 0.150 e. The van der Waals surface area contributed by atoms with Gasteiger partial charge in [0.25, 0.3) is 0 Å². The number of aliphatic hydroxyl groups is 1. The van der Waals surface area contributed by atoms with Crippen molar-refractivity contribution < 1.29 is 14.6 Å². The average Bonchev–Trinajstić information content (AvgIpc) is 3.27. The standard InChI is InChI=1S/C29H39N3O3.C2H5I/c1-2-9-27-26(21-35-20-22-10-5-3-6-11-22)25(19-33)29-24(23-12-7-4-8-13-23)18-28(30-32(27)29)31-14-16-34-17-15-31;1-2-3/h4,7-8,12-13,18,22,33H,2-3,5-6,9-11,14-17,19-21H2,1H3;2H2,1H3. The second kappa shape index (κ2) is 15.2. The molecule has 3 heterocycles. The van der Waals surface area contributed by atoms with Crippen LogP contribution in [0.5, 0.6) is 0 Å². The molecule has 0 spiro atoms. The lowest BCUT2D eigenvalue weighted by atomic mass is 9.90. The summed E-state index contributed by atoms with van der Waals surface area (Å²) in [6, 6.07) is 12.7. The quantitative estimate of drug-likeness (QED) is 0.207. The minimum absolute atomic E-state index is 0.0201. The fourth-order valence-corrected chi connectivity index (χ4v) is 5.72. The van der Waals surface area contributed by atoms with Crippen molar-refractivity contribution in [3.05, 3.63) is 53.2 Å². The first-order chi connectivity index (χ1) is 18.7. The van der Waals surface area contributed by atoms with Gasteiger partial charge in [0, 0.05) is 42.1 Å². The molecule has 1 N–H and O–H groups in total. The summed E-state index contributed by atoms with van der Waals surface area (Å²) in [5.74, 6) is 1.63. The second-order valence-corrected chi connectivity index (χ2v) is 11.8. The number of anilines is 1. The number of ether oxygens (including phenoxy) is 2. The molecule has 5 rings (SSSR count). The van der Waals surface area contributed by atoms with E-state index in [1.54, 1.807) is 0 Å². The van der Waals surface area contributed by atoms with Crippen LogP contribution in [0.3, 0.4) is 0 Å². The van der Waals surface area contributed by atoms with E-state index in [1.165, 1.54) is 42.2 Å². The van der Waals surface area contributed by atoms with Crippen LogP contribution in [0.1, 0.15) is 69.2 Å². The molecule has 0 atom stereocenters. The summed E-state index contributed by atoms with van der Waals surface area (Å²) in [7, 11) is 0. The topological polar surface area (TPSA) is 59.2 Å². The van der Waals surface area contributed by atoms with E-state index in [1.807, 2.05) is 6.07 Å². The van der Waals surface area contributed by atoms with Gasteiger partial charge in [-0.05, 0) is 41.2 Å². The number of alkyl halides is 1. The van der Waals surface area contributed by atoms with E-state index in [4.69, 9.17) is 14.6 Å². The van der Waals surface area contributed by atoms with Crippen molar-refractivity contribution in [1.82, 2.24) is 9.61 Å². The molecule has 2 aromatic heterocycles. The summed E-state index contributed by atoms with van der Waals surface area (Å²) in [6.07, 6.45) is 8.46. The monoisotopic (exact) mass is 633 g/mol. The van der Waals surface area contributed by atoms with Gasteiger partial charge in [0.15, 0.2) is 0 Å². The number of aliphatic hydroxyl groups excluding tert-OH is 1. The number of aromatic nitrogens is 2. The Kier molecular flexibility index (Phi) is 11.7. The van der Waals surface area contributed by atoms with Gasteiger partial charge in [-0.3, -0.25) is 0 Å². The second-order valence-electron chi connectivity index (χ2n) is 10.2. The number of rotatable bonds is 9. The van der Waals surface area contributed by atoms with Gasteiger partial charge >= 0.3 is 0 Å². The van der Waals surface area contributed by atoms with Crippen molar-refractivity contribution in [2.75, 3.05) is 42.2 Å². The average molecular weight is 634 g/mol. The van der Waals surface area contributed by atoms with Crippen molar-refractivity contribution in [3.63, 3.8) is 0 Å². The number of benzene rings is 1. The lowest BCUT2D eigenvalue weighted by Crippen LogP contribution is -2.37. The summed E-state index contributed by atoms with van der Waals surface area (Å²) in [6.45, 7) is 8.74. The van der Waals surface area contributed by atoms with E-state index in [0.717, 1.165) is 79.3 Å². The largest absolute Gasteiger partial charge is 0.392 e.